The number of hydrogen-bond donors (Lipinski definition) is 4. The Hall–Kier alpha value is -5.75. The monoisotopic (exact) mass is 772 g/mol. The molecule has 55 heavy (non-hydrogen) atoms. The summed E-state index contributed by atoms with van der Waals surface area (Å²) in [6.45, 7) is 4.90. The fraction of sp³-hybridized carbons (Fsp3) is 0.432. The zero-order chi connectivity index (χ0) is 40.5. The number of benzene rings is 2. The largest absolute Gasteiger partial charge is 0.444 e. The minimum absolute atomic E-state index is 0.106. The topological polar surface area (TPSA) is 184 Å². The number of nitrogens with one attached hydrogen (secondary N) is 3. The molecule has 0 aliphatic carbocycles. The van der Waals surface area contributed by atoms with E-state index in [0.717, 1.165) is 0 Å². The number of H-pyrrole nitrogens is 2. The number of carbonyl (C=O) groups excluding carboxylic acids is 1. The van der Waals surface area contributed by atoms with Crippen LogP contribution in [0.1, 0.15) is 44.7 Å². The Kier molecular flexibility index (Phi) is 11.4. The molecule has 292 valence electrons. The highest BCUT2D eigenvalue weighted by molar-refractivity contribution is 5.96. The second-order valence-electron chi connectivity index (χ2n) is 14.6. The number of fused-ring (bicyclic) bond motifs is 2. The molecule has 4 aromatic rings. The Morgan fingerprint density at radius 3 is 1.64 bits per heavy atom. The molecule has 5 N–H and O–H groups in total. The van der Waals surface area contributed by atoms with Crippen molar-refractivity contribution in [3.63, 3.8) is 0 Å². The lowest BCUT2D eigenvalue weighted by Crippen LogP contribution is -2.54. The van der Waals surface area contributed by atoms with Gasteiger partial charge in [0.25, 0.3) is 0 Å². The predicted molar refractivity (Wildman–Crippen MR) is 192 cm³/mol. The average Bonchev–Trinajstić information content (AvgIpc) is 3.08. The number of nitrogens with zero attached hydrogens (tertiary/aromatic N) is 4. The number of aromatic amines is 2. The first-order valence-corrected chi connectivity index (χ1v) is 17.2. The van der Waals surface area contributed by atoms with Gasteiger partial charge in [-0.25, -0.2) is 4.79 Å². The summed E-state index contributed by atoms with van der Waals surface area (Å²) >= 11 is 0. The van der Waals surface area contributed by atoms with Crippen LogP contribution in [-0.4, -0.2) is 72.3 Å². The summed E-state index contributed by atoms with van der Waals surface area (Å²) < 4.78 is 85.4. The molecule has 12 nitrogen and oxygen atoms in total. The lowest BCUT2D eigenvalue weighted by atomic mass is 9.92. The lowest BCUT2D eigenvalue weighted by Gasteiger charge is -2.40. The molecule has 2 fully saturated rings. The predicted octanol–water partition coefficient (Wildman–Crippen LogP) is 5.80. The summed E-state index contributed by atoms with van der Waals surface area (Å²) in [5.74, 6) is -3.18. The molecule has 0 unspecified atom stereocenters. The van der Waals surface area contributed by atoms with Crippen LogP contribution in [0.15, 0.2) is 58.1 Å². The second kappa shape index (κ2) is 15.5. The second-order valence-corrected chi connectivity index (χ2v) is 14.6. The van der Waals surface area contributed by atoms with Crippen LogP contribution in [0, 0.1) is 34.5 Å². The number of aromatic nitrogens is 2. The van der Waals surface area contributed by atoms with Gasteiger partial charge in [-0.1, -0.05) is 0 Å². The Morgan fingerprint density at radius 1 is 0.745 bits per heavy atom. The summed E-state index contributed by atoms with van der Waals surface area (Å²) in [6.07, 6.45) is -9.93. The molecule has 2 aliphatic heterocycles. The normalized spacial score (nSPS) is 20.6. The van der Waals surface area contributed by atoms with E-state index in [4.69, 9.17) is 15.7 Å². The van der Waals surface area contributed by atoms with Gasteiger partial charge in [-0.15, -0.1) is 0 Å². The SMILES string of the molecule is CC(C)(C)OC(=O)N[C@@H]1C[C@H](C(F)(F)F)CN(c2ccc(C#N)c3[nH]c(=O)ccc23)C1.N#Cc1ccc(N2C[C@H](N)C[C@H](C(F)(F)F)C2)c2ccc(=O)[nH]c12. The maximum Gasteiger partial charge on any atom is 0.407 e. The highest BCUT2D eigenvalue weighted by Crippen LogP contribution is 2.38. The molecule has 4 heterocycles. The number of piperidine rings is 2. The van der Waals surface area contributed by atoms with Crippen molar-refractivity contribution in [2.75, 3.05) is 36.0 Å². The van der Waals surface area contributed by atoms with Gasteiger partial charge in [-0.3, -0.25) is 9.59 Å². The minimum Gasteiger partial charge on any atom is -0.444 e. The van der Waals surface area contributed by atoms with Crippen LogP contribution >= 0.6 is 0 Å². The molecule has 2 aromatic carbocycles. The van der Waals surface area contributed by atoms with Gasteiger partial charge < -0.3 is 35.6 Å². The molecule has 1 amide bonds. The third-order valence-electron chi connectivity index (χ3n) is 9.25. The highest BCUT2D eigenvalue weighted by Gasteiger charge is 2.46. The molecule has 2 saturated heterocycles. The van der Waals surface area contributed by atoms with Crippen LogP contribution in [0.2, 0.25) is 0 Å². The van der Waals surface area contributed by atoms with Gasteiger partial charge in [0, 0.05) is 66.5 Å². The number of alkyl halides is 6. The quantitative estimate of drug-likeness (QED) is 0.187. The van der Waals surface area contributed by atoms with Crippen LogP contribution in [0.25, 0.3) is 21.8 Å². The third kappa shape index (κ3) is 9.68. The van der Waals surface area contributed by atoms with E-state index in [0.29, 0.717) is 27.7 Å². The van der Waals surface area contributed by atoms with E-state index in [1.807, 2.05) is 12.1 Å². The van der Waals surface area contributed by atoms with Crippen molar-refractivity contribution in [1.29, 1.82) is 10.5 Å². The zero-order valence-electron chi connectivity index (χ0n) is 29.9. The van der Waals surface area contributed by atoms with Crippen molar-refractivity contribution in [2.24, 2.45) is 17.6 Å². The van der Waals surface area contributed by atoms with Crippen molar-refractivity contribution in [3.8, 4) is 12.1 Å². The number of rotatable bonds is 3. The van der Waals surface area contributed by atoms with Crippen LogP contribution in [0.3, 0.4) is 0 Å². The summed E-state index contributed by atoms with van der Waals surface area (Å²) in [6, 6.07) is 14.2. The standard InChI is InChI=1S/C21H23F3N4O3.C16H15F3N4O/c1-20(2,3)31-19(30)26-14-8-13(21(22,23)24)10-28(11-14)16-6-4-12(9-25)18-15(16)5-7-17(29)27-18;17-16(18,19)10-5-11(21)8-23(7-10)13-3-1-9(6-20)15-12(13)2-4-14(24)22-15/h4-7,13-14H,8,10-11H2,1-3H3,(H,26,30)(H,27,29);1-4,10-11H,5,7-8,21H2,(H,22,24)/t13-,14+;10-,11+/m00/s1. The fourth-order valence-electron chi connectivity index (χ4n) is 6.89. The summed E-state index contributed by atoms with van der Waals surface area (Å²) in [7, 11) is 0. The molecular formula is C37H38F6N8O4. The number of alkyl carbamates (subject to hydrolysis) is 1. The number of pyridine rings is 2. The molecule has 0 saturated carbocycles. The molecular weight excluding hydrogens is 734 g/mol. The Labute approximate surface area is 310 Å². The van der Waals surface area contributed by atoms with Gasteiger partial charge in [0.05, 0.1) is 40.0 Å². The first kappa shape index (κ1) is 40.4. The molecule has 0 radical (unpaired) electrons. The van der Waals surface area contributed by atoms with Gasteiger partial charge in [0.15, 0.2) is 0 Å². The van der Waals surface area contributed by atoms with Crippen molar-refractivity contribution < 1.29 is 35.9 Å². The van der Waals surface area contributed by atoms with Crippen molar-refractivity contribution in [1.82, 2.24) is 15.3 Å². The van der Waals surface area contributed by atoms with E-state index < -0.39 is 53.5 Å². The maximum atomic E-state index is 13.6. The van der Waals surface area contributed by atoms with Crippen LogP contribution in [-0.2, 0) is 4.74 Å². The Morgan fingerprint density at radius 2 is 1.20 bits per heavy atom. The Bertz CT molecular complexity index is 2270. The maximum absolute atomic E-state index is 13.6. The Balaban J connectivity index is 0.000000218. The third-order valence-corrected chi connectivity index (χ3v) is 9.25. The summed E-state index contributed by atoms with van der Waals surface area (Å²) in [4.78, 5) is 43.7. The minimum atomic E-state index is -4.46. The summed E-state index contributed by atoms with van der Waals surface area (Å²) in [5, 5.41) is 22.0. The van der Waals surface area contributed by atoms with Crippen LogP contribution in [0.5, 0.6) is 0 Å². The molecule has 4 atom stereocenters. The lowest BCUT2D eigenvalue weighted by molar-refractivity contribution is -0.178. The van der Waals surface area contributed by atoms with E-state index in [1.165, 1.54) is 41.3 Å². The van der Waals surface area contributed by atoms with Crippen LogP contribution in [0.4, 0.5) is 42.5 Å². The van der Waals surface area contributed by atoms with E-state index in [2.05, 4.69) is 15.3 Å². The van der Waals surface area contributed by atoms with Gasteiger partial charge >= 0.3 is 18.4 Å². The number of halogens is 6. The van der Waals surface area contributed by atoms with Gasteiger partial charge in [0.2, 0.25) is 11.1 Å². The highest BCUT2D eigenvalue weighted by atomic mass is 19.4. The van der Waals surface area contributed by atoms with E-state index in [9.17, 15) is 46.0 Å². The van der Waals surface area contributed by atoms with Gasteiger partial charge in [-0.05, 0) is 70.0 Å². The smallest absolute Gasteiger partial charge is 0.407 e. The average molecular weight is 773 g/mol. The molecule has 2 aromatic heterocycles. The number of nitrogens with two attached hydrogens (primary N) is 1. The number of carbonyl (C=O) groups is 1. The van der Waals surface area contributed by atoms with Crippen molar-refractivity contribution >= 4 is 39.3 Å². The fourth-order valence-corrected chi connectivity index (χ4v) is 6.89. The molecule has 2 aliphatic rings. The first-order valence-electron chi connectivity index (χ1n) is 17.2. The number of nitriles is 2. The zero-order valence-corrected chi connectivity index (χ0v) is 29.9. The molecule has 18 heteroatoms. The number of amides is 1. The van der Waals surface area contributed by atoms with E-state index in [-0.39, 0.29) is 61.2 Å². The summed E-state index contributed by atoms with van der Waals surface area (Å²) in [5.41, 5.74) is 6.28. The van der Waals surface area contributed by atoms with Crippen LogP contribution < -0.4 is 32.0 Å². The molecule has 0 spiro atoms. The van der Waals surface area contributed by atoms with Gasteiger partial charge in [-0.2, -0.15) is 36.9 Å². The number of ether oxygens (including phenoxy) is 1. The van der Waals surface area contributed by atoms with Crippen molar-refractivity contribution in [2.45, 2.75) is 63.7 Å². The first-order chi connectivity index (χ1) is 25.7. The van der Waals surface area contributed by atoms with E-state index in [1.54, 1.807) is 37.8 Å². The van der Waals surface area contributed by atoms with Crippen molar-refractivity contribution in [3.05, 3.63) is 80.4 Å². The number of hydrogen-bond acceptors (Lipinski definition) is 9. The molecule has 0 bridgehead atoms. The van der Waals surface area contributed by atoms with Gasteiger partial charge in [0.1, 0.15) is 17.7 Å². The molecule has 6 rings (SSSR count). The van der Waals surface area contributed by atoms with E-state index >= 15 is 0 Å². The number of anilines is 2.